The molecule has 23 heteroatoms. The predicted molar refractivity (Wildman–Crippen MR) is 217 cm³/mol. The molecule has 0 bridgehead atoms. The lowest BCUT2D eigenvalue weighted by Crippen LogP contribution is -2.31. The van der Waals surface area contributed by atoms with E-state index in [9.17, 15) is 64.9 Å². The summed E-state index contributed by atoms with van der Waals surface area (Å²) in [7, 11) is -23.5. The Morgan fingerprint density at radius 3 is 1.91 bits per heavy atom. The van der Waals surface area contributed by atoms with Gasteiger partial charge in [0.2, 0.25) is 5.69 Å². The molecule has 5 rings (SSSR count). The molecule has 0 fully saturated rings. The van der Waals surface area contributed by atoms with E-state index in [0.29, 0.717) is 23.2 Å². The molecule has 1 unspecified atom stereocenters. The van der Waals surface area contributed by atoms with Crippen LogP contribution in [0.15, 0.2) is 76.2 Å². The third kappa shape index (κ3) is 9.80. The van der Waals surface area contributed by atoms with Crippen molar-refractivity contribution in [3.05, 3.63) is 77.5 Å². The zero-order valence-corrected chi connectivity index (χ0v) is 35.6. The Morgan fingerprint density at radius 2 is 1.33 bits per heavy atom. The zero-order chi connectivity index (χ0) is 43.4. The van der Waals surface area contributed by atoms with Gasteiger partial charge in [-0.2, -0.15) is 46.7 Å². The van der Waals surface area contributed by atoms with Crippen LogP contribution in [0.2, 0.25) is 0 Å². The van der Waals surface area contributed by atoms with Crippen molar-refractivity contribution < 1.29 is 69.4 Å². The molecule has 0 radical (unpaired) electrons. The van der Waals surface area contributed by atoms with E-state index in [1.807, 2.05) is 18.4 Å². The highest BCUT2D eigenvalue weighted by Crippen LogP contribution is 2.54. The summed E-state index contributed by atoms with van der Waals surface area (Å²) in [6.07, 6.45) is 4.58. The van der Waals surface area contributed by atoms with Gasteiger partial charge in [0.05, 0.1) is 27.6 Å². The molecule has 2 aliphatic heterocycles. The molecule has 3 aromatic rings. The van der Waals surface area contributed by atoms with Gasteiger partial charge in [-0.3, -0.25) is 22.8 Å². The van der Waals surface area contributed by atoms with Gasteiger partial charge in [0.1, 0.15) is 11.4 Å². The van der Waals surface area contributed by atoms with Crippen molar-refractivity contribution in [2.24, 2.45) is 0 Å². The van der Waals surface area contributed by atoms with Crippen LogP contribution in [0.5, 0.6) is 0 Å². The molecule has 318 valence electrons. The molecular weight excluding hydrogens is 863 g/mol. The molecule has 7 N–H and O–H groups in total. The lowest BCUT2D eigenvalue weighted by Gasteiger charge is -2.31. The lowest BCUT2D eigenvalue weighted by molar-refractivity contribution is -0.437. The molecule has 1 atom stereocenters. The second kappa shape index (κ2) is 15.7. The Bertz CT molecular complexity index is 2850. The summed E-state index contributed by atoms with van der Waals surface area (Å²) in [5.74, 6) is -1.91. The van der Waals surface area contributed by atoms with E-state index >= 15 is 0 Å². The molecular formula is C35H44N3O15S5+. The average Bonchev–Trinajstić information content (AvgIpc) is 3.41. The van der Waals surface area contributed by atoms with E-state index < -0.39 is 88.5 Å². The van der Waals surface area contributed by atoms with Crippen molar-refractivity contribution in [2.45, 2.75) is 67.1 Å². The standard InChI is InChI=1S/C35H43N3O15S5/c1-34(2)27-20-23(36)10-12-28(27)37(15-6-18-55(42,43)44)31(34)8-4-9-32-35(3,14-5-17-54(39,40)41)33-26-21-24(57(48,49)50)22-30(58(51,52)53)25(26)11-13-29(33)38(32)16-7-19-56(45,46)47/h4,8-13,20-22H,5-7,14-19,36H2,1-3H3,(H4-,39,40,41,42,43,44,45,46,47,48,49,50,51,52,53)/p+1. The van der Waals surface area contributed by atoms with Gasteiger partial charge in [-0.15, -0.1) is 0 Å². The highest BCUT2D eigenvalue weighted by Gasteiger charge is 2.46. The number of anilines is 2. The van der Waals surface area contributed by atoms with Crippen LogP contribution in [0.3, 0.4) is 0 Å². The fourth-order valence-electron chi connectivity index (χ4n) is 7.94. The van der Waals surface area contributed by atoms with Crippen LogP contribution in [0.1, 0.15) is 57.6 Å². The van der Waals surface area contributed by atoms with E-state index in [2.05, 4.69) is 0 Å². The van der Waals surface area contributed by atoms with Gasteiger partial charge in [0.15, 0.2) is 5.71 Å². The number of hydrogen-bond donors (Lipinski definition) is 6. The van der Waals surface area contributed by atoms with Crippen molar-refractivity contribution in [1.82, 2.24) is 0 Å². The second-order valence-electron chi connectivity index (χ2n) is 14.9. The van der Waals surface area contributed by atoms with Crippen molar-refractivity contribution in [3.8, 4) is 0 Å². The molecule has 0 saturated carbocycles. The topological polar surface area (TPSA) is 304 Å². The van der Waals surface area contributed by atoms with E-state index in [1.54, 1.807) is 48.3 Å². The van der Waals surface area contributed by atoms with Crippen molar-refractivity contribution in [2.75, 3.05) is 41.0 Å². The first-order valence-electron chi connectivity index (χ1n) is 17.6. The maximum atomic E-state index is 12.6. The molecule has 2 heterocycles. The normalized spacial score (nSPS) is 19.4. The number of nitrogen functional groups attached to an aromatic ring is 1. The number of nitrogens with two attached hydrogens (primary N) is 1. The zero-order valence-electron chi connectivity index (χ0n) is 31.5. The summed E-state index contributed by atoms with van der Waals surface area (Å²) in [5.41, 5.74) is 7.57. The average molecular weight is 907 g/mol. The lowest BCUT2D eigenvalue weighted by atomic mass is 9.75. The summed E-state index contributed by atoms with van der Waals surface area (Å²) in [6, 6.07) is 9.56. The number of rotatable bonds is 16. The van der Waals surface area contributed by atoms with Gasteiger partial charge in [0, 0.05) is 58.5 Å². The molecule has 3 aromatic carbocycles. The van der Waals surface area contributed by atoms with Gasteiger partial charge >= 0.3 is 0 Å². The quantitative estimate of drug-likeness (QED) is 0.0678. The summed E-state index contributed by atoms with van der Waals surface area (Å²) in [6.45, 7) is 5.52. The van der Waals surface area contributed by atoms with E-state index in [0.717, 1.165) is 17.3 Å². The number of hydrogen-bond acceptors (Lipinski definition) is 12. The van der Waals surface area contributed by atoms with Crippen molar-refractivity contribution in [3.63, 3.8) is 0 Å². The maximum absolute atomic E-state index is 12.6. The van der Waals surface area contributed by atoms with Crippen LogP contribution in [-0.4, -0.2) is 105 Å². The maximum Gasteiger partial charge on any atom is 0.295 e. The Kier molecular flexibility index (Phi) is 12.2. The molecule has 58 heavy (non-hydrogen) atoms. The van der Waals surface area contributed by atoms with E-state index in [-0.39, 0.29) is 60.8 Å². The fraction of sp³-hybridized carbons (Fsp3) is 0.400. The summed E-state index contributed by atoms with van der Waals surface area (Å²) in [5, 5.41) is -0.240. The summed E-state index contributed by atoms with van der Waals surface area (Å²) in [4.78, 5) is -0.106. The van der Waals surface area contributed by atoms with Gasteiger partial charge in [-0.05, 0) is 87.4 Å². The summed E-state index contributed by atoms with van der Waals surface area (Å²) < 4.78 is 171. The highest BCUT2D eigenvalue weighted by atomic mass is 32.2. The fourth-order valence-corrected chi connectivity index (χ4v) is 10.8. The van der Waals surface area contributed by atoms with Crippen LogP contribution in [0.4, 0.5) is 17.1 Å². The third-order valence-electron chi connectivity index (χ3n) is 10.4. The van der Waals surface area contributed by atoms with Gasteiger partial charge in [-0.25, -0.2) is 0 Å². The van der Waals surface area contributed by atoms with Crippen LogP contribution in [0.25, 0.3) is 10.8 Å². The molecule has 0 spiro atoms. The van der Waals surface area contributed by atoms with Crippen molar-refractivity contribution >= 4 is 84.1 Å². The highest BCUT2D eigenvalue weighted by molar-refractivity contribution is 7.87. The Labute approximate surface area is 337 Å². The minimum atomic E-state index is -5.13. The van der Waals surface area contributed by atoms with Crippen LogP contribution >= 0.6 is 0 Å². The van der Waals surface area contributed by atoms with Gasteiger partial charge in [-0.1, -0.05) is 12.1 Å². The smallest absolute Gasteiger partial charge is 0.295 e. The number of nitrogens with zero attached hydrogens (tertiary/aromatic N) is 2. The van der Waals surface area contributed by atoms with E-state index in [1.165, 1.54) is 12.1 Å². The molecule has 0 amide bonds. The monoisotopic (exact) mass is 906 g/mol. The molecule has 2 aliphatic rings. The molecule has 0 aromatic heterocycles. The first kappa shape index (κ1) is 45.3. The number of benzene rings is 3. The van der Waals surface area contributed by atoms with Gasteiger partial charge < -0.3 is 10.6 Å². The third-order valence-corrected chi connectivity index (χ3v) is 14.5. The minimum Gasteiger partial charge on any atom is -0.399 e. The largest absolute Gasteiger partial charge is 0.399 e. The van der Waals surface area contributed by atoms with Crippen LogP contribution < -0.4 is 10.6 Å². The Balaban J connectivity index is 1.79. The van der Waals surface area contributed by atoms with E-state index in [4.69, 9.17) is 5.73 Å². The minimum absolute atomic E-state index is 0.0457. The van der Waals surface area contributed by atoms with Crippen LogP contribution in [0, 0.1) is 0 Å². The first-order valence-corrected chi connectivity index (χ1v) is 25.3. The predicted octanol–water partition coefficient (Wildman–Crippen LogP) is 3.73. The van der Waals surface area contributed by atoms with Crippen LogP contribution in [-0.2, 0) is 61.4 Å². The van der Waals surface area contributed by atoms with Crippen molar-refractivity contribution in [1.29, 1.82) is 0 Å². The number of fused-ring (bicyclic) bond motifs is 4. The Hall–Kier alpha value is -3.78. The second-order valence-corrected chi connectivity index (χ2v) is 22.5. The Morgan fingerprint density at radius 1 is 0.724 bits per heavy atom. The van der Waals surface area contributed by atoms with Gasteiger partial charge in [0.25, 0.3) is 50.6 Å². The molecule has 0 aliphatic carbocycles. The first-order chi connectivity index (χ1) is 26.4. The molecule has 18 nitrogen and oxygen atoms in total. The number of allylic oxidation sites excluding steroid dienone is 4. The summed E-state index contributed by atoms with van der Waals surface area (Å²) >= 11 is 0. The molecule has 0 saturated heterocycles. The SMILES string of the molecule is CC1(C)C(C=CC=C2N(CCCS(=O)(=O)O)c3ccc4c(S(=O)(=O)O)cc(S(=O)(=O)O)cc4c3C2(C)CCCS(=O)(=O)O)=[N+](CCCS(=O)(=O)O)c2ccc(N)cc21.